The zero-order chi connectivity index (χ0) is 13.4. The zero-order valence-corrected chi connectivity index (χ0v) is 10.7. The van der Waals surface area contributed by atoms with Gasteiger partial charge < -0.3 is 0 Å². The first-order chi connectivity index (χ1) is 9.93. The van der Waals surface area contributed by atoms with Gasteiger partial charge in [-0.2, -0.15) is 0 Å². The number of benzene rings is 2. The van der Waals surface area contributed by atoms with E-state index in [-0.39, 0.29) is 0 Å². The minimum Gasteiger partial charge on any atom is -0.263 e. The molecule has 2 aromatic heterocycles. The molecule has 0 fully saturated rings. The number of pyridine rings is 2. The van der Waals surface area contributed by atoms with Crippen LogP contribution in [0.15, 0.2) is 67.1 Å². The van der Waals surface area contributed by atoms with Gasteiger partial charge in [-0.3, -0.25) is 9.97 Å². The Morgan fingerprint density at radius 1 is 0.850 bits per heavy atom. The van der Waals surface area contributed by atoms with Gasteiger partial charge in [0.1, 0.15) is 0 Å². The lowest BCUT2D eigenvalue weighted by atomic mass is 10.0. The minimum atomic E-state index is 0.962. The summed E-state index contributed by atoms with van der Waals surface area (Å²) in [5.74, 6) is 0. The van der Waals surface area contributed by atoms with Gasteiger partial charge >= 0.3 is 0 Å². The summed E-state index contributed by atoms with van der Waals surface area (Å²) in [5, 5.41) is 4.47. The molecule has 0 aliphatic carbocycles. The molecule has 4 rings (SSSR count). The molecular weight excluding hydrogens is 244 g/mol. The van der Waals surface area contributed by atoms with Gasteiger partial charge in [0, 0.05) is 40.3 Å². The van der Waals surface area contributed by atoms with Crippen molar-refractivity contribution >= 4 is 21.5 Å². The summed E-state index contributed by atoms with van der Waals surface area (Å²) in [6.07, 6.45) is 5.58. The molecule has 93 valence electrons. The fraction of sp³-hybridized carbons (Fsp3) is 0. The van der Waals surface area contributed by atoms with Gasteiger partial charge in [-0.15, -0.1) is 0 Å². The summed E-state index contributed by atoms with van der Waals surface area (Å²) < 4.78 is 0. The summed E-state index contributed by atoms with van der Waals surface area (Å²) in [5.41, 5.74) is 1.99. The van der Waals surface area contributed by atoms with Crippen LogP contribution in [0.5, 0.6) is 0 Å². The molecule has 2 heteroatoms. The van der Waals surface area contributed by atoms with E-state index in [9.17, 15) is 0 Å². The third-order valence-electron chi connectivity index (χ3n) is 3.50. The van der Waals surface area contributed by atoms with Gasteiger partial charge in [0.2, 0.25) is 0 Å². The maximum absolute atomic E-state index is 4.57. The molecule has 0 spiro atoms. The van der Waals surface area contributed by atoms with Crippen LogP contribution < -0.4 is 0 Å². The first-order valence-corrected chi connectivity index (χ1v) is 6.52. The Morgan fingerprint density at radius 3 is 2.75 bits per heavy atom. The first kappa shape index (κ1) is 11.1. The highest BCUT2D eigenvalue weighted by Crippen LogP contribution is 2.30. The van der Waals surface area contributed by atoms with Crippen LogP contribution in [0.2, 0.25) is 0 Å². The van der Waals surface area contributed by atoms with Crippen LogP contribution in [0.25, 0.3) is 32.8 Å². The summed E-state index contributed by atoms with van der Waals surface area (Å²) in [6, 6.07) is 19.6. The molecule has 2 aromatic carbocycles. The summed E-state index contributed by atoms with van der Waals surface area (Å²) in [7, 11) is 0. The van der Waals surface area contributed by atoms with Crippen molar-refractivity contribution in [3.05, 3.63) is 73.2 Å². The van der Waals surface area contributed by atoms with Gasteiger partial charge in [0.25, 0.3) is 0 Å². The topological polar surface area (TPSA) is 25.8 Å². The third kappa shape index (κ3) is 1.66. The number of aromatic nitrogens is 2. The monoisotopic (exact) mass is 255 g/mol. The quantitative estimate of drug-likeness (QED) is 0.508. The van der Waals surface area contributed by atoms with Crippen molar-refractivity contribution in [1.29, 1.82) is 0 Å². The predicted molar refractivity (Wildman–Crippen MR) is 81.3 cm³/mol. The molecule has 0 aliphatic rings. The molecule has 0 unspecified atom stereocenters. The molecule has 0 saturated carbocycles. The molecule has 0 saturated heterocycles. The van der Waals surface area contributed by atoms with Crippen LogP contribution >= 0.6 is 0 Å². The second-order valence-corrected chi connectivity index (χ2v) is 4.70. The van der Waals surface area contributed by atoms with Gasteiger partial charge in [-0.05, 0) is 17.5 Å². The maximum atomic E-state index is 4.57. The lowest BCUT2D eigenvalue weighted by molar-refractivity contribution is 1.32. The molecule has 0 bridgehead atoms. The lowest BCUT2D eigenvalue weighted by Crippen LogP contribution is -1.89. The highest BCUT2D eigenvalue weighted by Gasteiger charge is 2.08. The van der Waals surface area contributed by atoms with Crippen LogP contribution in [0.4, 0.5) is 0 Å². The molecule has 0 N–H and O–H groups in total. The Morgan fingerprint density at radius 2 is 1.75 bits per heavy atom. The number of hydrogen-bond acceptors (Lipinski definition) is 2. The second-order valence-electron chi connectivity index (χ2n) is 4.70. The largest absolute Gasteiger partial charge is 0.263 e. The number of rotatable bonds is 1. The van der Waals surface area contributed by atoms with Gasteiger partial charge in [0.05, 0.1) is 5.69 Å². The lowest BCUT2D eigenvalue weighted by Gasteiger charge is -2.08. The van der Waals surface area contributed by atoms with E-state index in [1.165, 1.54) is 5.39 Å². The smallest absolute Gasteiger partial charge is 0.0802 e. The van der Waals surface area contributed by atoms with Crippen molar-refractivity contribution in [2.45, 2.75) is 0 Å². The van der Waals surface area contributed by atoms with Crippen molar-refractivity contribution in [2.24, 2.45) is 0 Å². The minimum absolute atomic E-state index is 0.962. The Balaban J connectivity index is 2.12. The Labute approximate surface area is 116 Å². The zero-order valence-electron chi connectivity index (χ0n) is 10.7. The van der Waals surface area contributed by atoms with E-state index >= 15 is 0 Å². The molecule has 0 atom stereocenters. The second kappa shape index (κ2) is 4.42. The number of fused-ring (bicyclic) bond motifs is 2. The van der Waals surface area contributed by atoms with Crippen LogP contribution in [0, 0.1) is 6.07 Å². The van der Waals surface area contributed by atoms with E-state index in [1.807, 2.05) is 55.0 Å². The van der Waals surface area contributed by atoms with E-state index in [4.69, 9.17) is 0 Å². The Kier molecular flexibility index (Phi) is 2.46. The van der Waals surface area contributed by atoms with Gasteiger partial charge in [0.15, 0.2) is 0 Å². The molecule has 2 heterocycles. The van der Waals surface area contributed by atoms with Gasteiger partial charge in [-0.25, -0.2) is 0 Å². The SMILES string of the molecule is [c]1cccc2cncc(-c3nccc4ccccc34)c12. The van der Waals surface area contributed by atoms with Crippen molar-refractivity contribution in [1.82, 2.24) is 9.97 Å². The molecule has 0 amide bonds. The van der Waals surface area contributed by atoms with Crippen LogP contribution in [-0.4, -0.2) is 9.97 Å². The van der Waals surface area contributed by atoms with Gasteiger partial charge in [-0.1, -0.05) is 42.5 Å². The number of hydrogen-bond donors (Lipinski definition) is 0. The van der Waals surface area contributed by atoms with Crippen LogP contribution in [-0.2, 0) is 0 Å². The molecule has 1 radical (unpaired) electrons. The Bertz CT molecular complexity index is 825. The van der Waals surface area contributed by atoms with E-state index in [0.717, 1.165) is 27.4 Å². The van der Waals surface area contributed by atoms with Crippen LogP contribution in [0.1, 0.15) is 0 Å². The van der Waals surface area contributed by atoms with Crippen molar-refractivity contribution < 1.29 is 0 Å². The van der Waals surface area contributed by atoms with Crippen molar-refractivity contribution in [3.63, 3.8) is 0 Å². The third-order valence-corrected chi connectivity index (χ3v) is 3.50. The summed E-state index contributed by atoms with van der Waals surface area (Å²) in [4.78, 5) is 8.90. The standard InChI is InChI=1S/C18H11N2/c1-4-8-16-13(5-1)9-10-20-18(16)17-12-19-11-14-6-2-3-7-15(14)17/h1-6,8-12H. The molecular formula is C18H11N2. The first-order valence-electron chi connectivity index (χ1n) is 6.52. The Hall–Kier alpha value is -2.74. The highest BCUT2D eigenvalue weighted by atomic mass is 14.7. The maximum Gasteiger partial charge on any atom is 0.0802 e. The van der Waals surface area contributed by atoms with Crippen molar-refractivity contribution in [2.75, 3.05) is 0 Å². The number of nitrogens with zero attached hydrogens (tertiary/aromatic N) is 2. The normalized spacial score (nSPS) is 11.0. The predicted octanol–water partition coefficient (Wildman–Crippen LogP) is 4.25. The summed E-state index contributed by atoms with van der Waals surface area (Å²) in [6.45, 7) is 0. The van der Waals surface area contributed by atoms with Crippen LogP contribution in [0.3, 0.4) is 0 Å². The van der Waals surface area contributed by atoms with E-state index in [1.54, 1.807) is 0 Å². The summed E-state index contributed by atoms with van der Waals surface area (Å²) >= 11 is 0. The highest BCUT2D eigenvalue weighted by molar-refractivity contribution is 6.02. The average Bonchev–Trinajstić information content (AvgIpc) is 2.54. The molecule has 2 nitrogen and oxygen atoms in total. The molecule has 20 heavy (non-hydrogen) atoms. The molecule has 4 aromatic rings. The molecule has 0 aliphatic heterocycles. The average molecular weight is 255 g/mol. The van der Waals surface area contributed by atoms with E-state index in [0.29, 0.717) is 0 Å². The fourth-order valence-corrected chi connectivity index (χ4v) is 2.56. The van der Waals surface area contributed by atoms with E-state index < -0.39 is 0 Å². The van der Waals surface area contributed by atoms with E-state index in [2.05, 4.69) is 28.2 Å². The van der Waals surface area contributed by atoms with Crippen molar-refractivity contribution in [3.8, 4) is 11.3 Å². The fourth-order valence-electron chi connectivity index (χ4n) is 2.56.